The fraction of sp³-hybridized carbons (Fsp3) is 0.0833. The smallest absolute Gasteiger partial charge is 0.142 e. The summed E-state index contributed by atoms with van der Waals surface area (Å²) in [7, 11) is 0. The van der Waals surface area contributed by atoms with E-state index in [9.17, 15) is 8.78 Å². The first-order valence-corrected chi connectivity index (χ1v) is 6.63. The number of nitrogens with two attached hydrogens (primary N) is 1. The van der Waals surface area contributed by atoms with Crippen molar-refractivity contribution in [2.24, 2.45) is 0 Å². The Labute approximate surface area is 116 Å². The summed E-state index contributed by atoms with van der Waals surface area (Å²) in [6.07, 6.45) is 1.59. The predicted octanol–water partition coefficient (Wildman–Crippen LogP) is 4.16. The highest BCUT2D eigenvalue weighted by Gasteiger charge is 2.15. The van der Waals surface area contributed by atoms with Crippen LogP contribution in [0.25, 0.3) is 0 Å². The Balaban J connectivity index is 2.43. The van der Waals surface area contributed by atoms with Crippen LogP contribution < -0.4 is 5.73 Å². The number of pyridine rings is 1. The second kappa shape index (κ2) is 5.24. The summed E-state index contributed by atoms with van der Waals surface area (Å²) >= 11 is 4.28. The van der Waals surface area contributed by atoms with Gasteiger partial charge in [0.05, 0.1) is 9.37 Å². The molecule has 2 nitrogen and oxygen atoms in total. The standard InChI is InChI=1S/C12H9BrF2N2S/c1-6-2-3-17-12(10(6)13)18-11-8(14)4-7(16)5-9(11)15/h2-5H,16H2,1H3. The number of rotatable bonds is 2. The average Bonchev–Trinajstić information content (AvgIpc) is 2.28. The lowest BCUT2D eigenvalue weighted by Crippen LogP contribution is -1.94. The number of benzene rings is 1. The lowest BCUT2D eigenvalue weighted by molar-refractivity contribution is 0.541. The largest absolute Gasteiger partial charge is 0.399 e. The van der Waals surface area contributed by atoms with Crippen molar-refractivity contribution < 1.29 is 8.78 Å². The Morgan fingerprint density at radius 2 is 1.89 bits per heavy atom. The van der Waals surface area contributed by atoms with Gasteiger partial charge in [0.15, 0.2) is 0 Å². The number of halogens is 3. The summed E-state index contributed by atoms with van der Waals surface area (Å²) in [5.74, 6) is -1.37. The lowest BCUT2D eigenvalue weighted by atomic mass is 10.3. The Morgan fingerprint density at radius 1 is 1.28 bits per heavy atom. The van der Waals surface area contributed by atoms with Crippen LogP contribution in [0.2, 0.25) is 0 Å². The monoisotopic (exact) mass is 330 g/mol. The Morgan fingerprint density at radius 3 is 2.50 bits per heavy atom. The van der Waals surface area contributed by atoms with E-state index in [2.05, 4.69) is 20.9 Å². The van der Waals surface area contributed by atoms with E-state index in [1.807, 2.05) is 13.0 Å². The molecule has 0 saturated heterocycles. The molecule has 0 amide bonds. The number of anilines is 1. The highest BCUT2D eigenvalue weighted by molar-refractivity contribution is 9.10. The molecule has 2 rings (SSSR count). The maximum Gasteiger partial charge on any atom is 0.142 e. The third-order valence-corrected chi connectivity index (χ3v) is 4.63. The van der Waals surface area contributed by atoms with Crippen LogP contribution in [0.1, 0.15) is 5.56 Å². The van der Waals surface area contributed by atoms with Gasteiger partial charge >= 0.3 is 0 Å². The molecule has 0 atom stereocenters. The molecule has 18 heavy (non-hydrogen) atoms. The highest BCUT2D eigenvalue weighted by atomic mass is 79.9. The number of hydrogen-bond acceptors (Lipinski definition) is 3. The Hall–Kier alpha value is -1.14. The zero-order chi connectivity index (χ0) is 13.3. The van der Waals surface area contributed by atoms with Crippen LogP contribution in [-0.2, 0) is 0 Å². The second-order valence-electron chi connectivity index (χ2n) is 3.66. The predicted molar refractivity (Wildman–Crippen MR) is 71.6 cm³/mol. The second-order valence-corrected chi connectivity index (χ2v) is 5.45. The molecule has 94 valence electrons. The quantitative estimate of drug-likeness (QED) is 0.840. The van der Waals surface area contributed by atoms with Gasteiger partial charge in [-0.1, -0.05) is 11.8 Å². The van der Waals surface area contributed by atoms with E-state index >= 15 is 0 Å². The van der Waals surface area contributed by atoms with Gasteiger partial charge in [-0.05, 0) is 46.6 Å². The molecule has 0 aliphatic rings. The maximum atomic E-state index is 13.6. The van der Waals surface area contributed by atoms with Gasteiger partial charge < -0.3 is 5.73 Å². The zero-order valence-electron chi connectivity index (χ0n) is 9.38. The van der Waals surface area contributed by atoms with Gasteiger partial charge in [-0.25, -0.2) is 13.8 Å². The lowest BCUT2D eigenvalue weighted by Gasteiger charge is -2.08. The third kappa shape index (κ3) is 2.64. The number of aromatic nitrogens is 1. The summed E-state index contributed by atoms with van der Waals surface area (Å²) in [5, 5.41) is 0.512. The third-order valence-electron chi connectivity index (χ3n) is 2.27. The minimum absolute atomic E-state index is 0.0608. The molecule has 0 radical (unpaired) electrons. The molecule has 1 aromatic carbocycles. The highest BCUT2D eigenvalue weighted by Crippen LogP contribution is 2.36. The van der Waals surface area contributed by atoms with Gasteiger partial charge in [-0.2, -0.15) is 0 Å². The van der Waals surface area contributed by atoms with Crippen molar-refractivity contribution in [3.8, 4) is 0 Å². The van der Waals surface area contributed by atoms with E-state index in [0.29, 0.717) is 5.03 Å². The first kappa shape index (κ1) is 13.3. The van der Waals surface area contributed by atoms with Gasteiger partial charge in [-0.15, -0.1) is 0 Å². The molecule has 0 aliphatic carbocycles. The molecular weight excluding hydrogens is 322 g/mol. The fourth-order valence-corrected chi connectivity index (χ4v) is 2.71. The minimum Gasteiger partial charge on any atom is -0.399 e. The van der Waals surface area contributed by atoms with Crippen molar-refractivity contribution in [3.63, 3.8) is 0 Å². The number of hydrogen-bond donors (Lipinski definition) is 1. The molecule has 1 heterocycles. The SMILES string of the molecule is Cc1ccnc(Sc2c(F)cc(N)cc2F)c1Br. The number of aryl methyl sites for hydroxylation is 1. The van der Waals surface area contributed by atoms with E-state index in [1.165, 1.54) is 0 Å². The summed E-state index contributed by atoms with van der Waals surface area (Å²) in [5.41, 5.74) is 6.37. The molecule has 0 unspecified atom stereocenters. The fourth-order valence-electron chi connectivity index (χ4n) is 1.36. The topological polar surface area (TPSA) is 38.9 Å². The number of nitrogens with zero attached hydrogens (tertiary/aromatic N) is 1. The van der Waals surface area contributed by atoms with E-state index in [0.717, 1.165) is 33.9 Å². The molecule has 2 N–H and O–H groups in total. The van der Waals surface area contributed by atoms with Crippen molar-refractivity contribution in [3.05, 3.63) is 46.1 Å². The van der Waals surface area contributed by atoms with E-state index in [1.54, 1.807) is 6.20 Å². The normalized spacial score (nSPS) is 10.7. The van der Waals surface area contributed by atoms with Gasteiger partial charge in [-0.3, -0.25) is 0 Å². The average molecular weight is 331 g/mol. The van der Waals surface area contributed by atoms with Crippen molar-refractivity contribution in [1.29, 1.82) is 0 Å². The van der Waals surface area contributed by atoms with Crippen LogP contribution >= 0.6 is 27.7 Å². The zero-order valence-corrected chi connectivity index (χ0v) is 11.8. The first-order chi connectivity index (χ1) is 8.49. The van der Waals surface area contributed by atoms with Gasteiger partial charge in [0.25, 0.3) is 0 Å². The van der Waals surface area contributed by atoms with Crippen LogP contribution in [0.15, 0.2) is 38.8 Å². The molecular formula is C12H9BrF2N2S. The molecule has 0 fully saturated rings. The Kier molecular flexibility index (Phi) is 3.87. The number of nitrogen functional groups attached to an aromatic ring is 1. The molecule has 0 bridgehead atoms. The summed E-state index contributed by atoms with van der Waals surface area (Å²) in [6.45, 7) is 1.88. The molecule has 1 aromatic heterocycles. The van der Waals surface area contributed by atoms with Crippen molar-refractivity contribution >= 4 is 33.4 Å². The molecule has 0 aliphatic heterocycles. The first-order valence-electron chi connectivity index (χ1n) is 5.02. The summed E-state index contributed by atoms with van der Waals surface area (Å²) < 4.78 is 28.0. The van der Waals surface area contributed by atoms with Gasteiger partial charge in [0.1, 0.15) is 16.7 Å². The molecule has 6 heteroatoms. The van der Waals surface area contributed by atoms with Crippen LogP contribution in [0, 0.1) is 18.6 Å². The van der Waals surface area contributed by atoms with Crippen LogP contribution in [-0.4, -0.2) is 4.98 Å². The van der Waals surface area contributed by atoms with Gasteiger partial charge in [0, 0.05) is 11.9 Å². The Bertz CT molecular complexity index is 582. The van der Waals surface area contributed by atoms with Crippen LogP contribution in [0.3, 0.4) is 0 Å². The minimum atomic E-state index is -0.687. The summed E-state index contributed by atoms with van der Waals surface area (Å²) in [6, 6.07) is 3.99. The maximum absolute atomic E-state index is 13.6. The van der Waals surface area contributed by atoms with E-state index < -0.39 is 11.6 Å². The molecule has 0 spiro atoms. The van der Waals surface area contributed by atoms with E-state index in [-0.39, 0.29) is 10.6 Å². The van der Waals surface area contributed by atoms with Crippen LogP contribution in [0.4, 0.5) is 14.5 Å². The van der Waals surface area contributed by atoms with Crippen molar-refractivity contribution in [2.45, 2.75) is 16.8 Å². The van der Waals surface area contributed by atoms with Crippen molar-refractivity contribution in [2.75, 3.05) is 5.73 Å². The molecule has 0 saturated carbocycles. The van der Waals surface area contributed by atoms with E-state index in [4.69, 9.17) is 5.73 Å². The molecule has 2 aromatic rings. The summed E-state index contributed by atoms with van der Waals surface area (Å²) in [4.78, 5) is 3.98. The van der Waals surface area contributed by atoms with Crippen molar-refractivity contribution in [1.82, 2.24) is 4.98 Å². The van der Waals surface area contributed by atoms with Crippen LogP contribution in [0.5, 0.6) is 0 Å². The van der Waals surface area contributed by atoms with Gasteiger partial charge in [0.2, 0.25) is 0 Å².